The number of rotatable bonds is 14. The van der Waals surface area contributed by atoms with E-state index in [9.17, 15) is 9.59 Å². The average molecular weight is 602 g/mol. The van der Waals surface area contributed by atoms with E-state index in [2.05, 4.69) is 72.5 Å². The number of hydrogen-bond acceptors (Lipinski definition) is 10. The molecule has 0 aliphatic rings. The monoisotopic (exact) mass is 601 g/mol. The summed E-state index contributed by atoms with van der Waals surface area (Å²) >= 11 is 2.78. The third kappa shape index (κ3) is 9.08. The summed E-state index contributed by atoms with van der Waals surface area (Å²) in [5.74, 6) is -0.238. The van der Waals surface area contributed by atoms with E-state index in [-0.39, 0.29) is 18.2 Å². The van der Waals surface area contributed by atoms with Crippen LogP contribution in [0.3, 0.4) is 0 Å². The standard InChI is InChI=1S/C29H31N9O2S2/c1-20-11-13-22(14-12-20)18-38-19-23(32-37-38)15-16-24(39)30-28-35-33-26(41-28)9-5-6-10-27-34-36-29(42-27)31-25(40)17-21-7-3-2-4-8-21/h2-4,7-8,11-14,19H,5-6,9-10,15-18H2,1H3,(H,30,35,39)(H,31,36,40). The Hall–Kier alpha value is -4.36. The highest BCUT2D eigenvalue weighted by molar-refractivity contribution is 7.15. The second kappa shape index (κ2) is 14.5. The van der Waals surface area contributed by atoms with Gasteiger partial charge in [0.25, 0.3) is 0 Å². The van der Waals surface area contributed by atoms with Crippen LogP contribution in [-0.4, -0.2) is 47.2 Å². The molecule has 0 fully saturated rings. The molecule has 3 aromatic heterocycles. The maximum absolute atomic E-state index is 12.4. The zero-order chi connectivity index (χ0) is 29.1. The fraction of sp³-hybridized carbons (Fsp3) is 0.310. The number of anilines is 2. The molecule has 0 aliphatic heterocycles. The minimum Gasteiger partial charge on any atom is -0.301 e. The van der Waals surface area contributed by atoms with Gasteiger partial charge in [0, 0.05) is 31.9 Å². The molecule has 3 heterocycles. The van der Waals surface area contributed by atoms with Crippen LogP contribution in [0.2, 0.25) is 0 Å². The van der Waals surface area contributed by atoms with Gasteiger partial charge in [-0.25, -0.2) is 4.68 Å². The van der Waals surface area contributed by atoms with Gasteiger partial charge in [-0.2, -0.15) is 0 Å². The smallest absolute Gasteiger partial charge is 0.230 e. The van der Waals surface area contributed by atoms with Crippen LogP contribution < -0.4 is 10.6 Å². The van der Waals surface area contributed by atoms with Crippen molar-refractivity contribution in [2.45, 2.75) is 58.4 Å². The van der Waals surface area contributed by atoms with Gasteiger partial charge in [0.1, 0.15) is 10.0 Å². The Labute approximate surface area is 251 Å². The van der Waals surface area contributed by atoms with E-state index in [1.165, 1.54) is 28.2 Å². The maximum atomic E-state index is 12.4. The minimum absolute atomic E-state index is 0.107. The lowest BCUT2D eigenvalue weighted by Crippen LogP contribution is -2.14. The molecule has 0 bridgehead atoms. The Balaban J connectivity index is 0.973. The van der Waals surface area contributed by atoms with E-state index >= 15 is 0 Å². The van der Waals surface area contributed by atoms with Crippen molar-refractivity contribution in [3.63, 3.8) is 0 Å². The predicted octanol–water partition coefficient (Wildman–Crippen LogP) is 4.66. The molecule has 2 aromatic carbocycles. The third-order valence-corrected chi connectivity index (χ3v) is 8.12. The van der Waals surface area contributed by atoms with Crippen LogP contribution in [0.25, 0.3) is 0 Å². The molecule has 5 aromatic rings. The molecule has 2 amide bonds. The van der Waals surface area contributed by atoms with Gasteiger partial charge in [-0.3, -0.25) is 9.59 Å². The molecule has 2 N–H and O–H groups in total. The molecule has 5 rings (SSSR count). The van der Waals surface area contributed by atoms with Gasteiger partial charge in [-0.15, -0.1) is 25.5 Å². The maximum Gasteiger partial charge on any atom is 0.230 e. The largest absolute Gasteiger partial charge is 0.301 e. The number of unbranched alkanes of at least 4 members (excludes halogenated alkanes) is 1. The zero-order valence-corrected chi connectivity index (χ0v) is 24.8. The molecule has 13 heteroatoms. The van der Waals surface area contributed by atoms with Crippen LogP contribution in [0, 0.1) is 6.92 Å². The van der Waals surface area contributed by atoms with Crippen molar-refractivity contribution in [2.75, 3.05) is 10.6 Å². The Bertz CT molecular complexity index is 1600. The normalized spacial score (nSPS) is 11.0. The highest BCUT2D eigenvalue weighted by atomic mass is 32.1. The predicted molar refractivity (Wildman–Crippen MR) is 162 cm³/mol. The Kier molecular flexibility index (Phi) is 10.1. The molecule has 0 aliphatic carbocycles. The molecule has 216 valence electrons. The molecule has 0 atom stereocenters. The lowest BCUT2D eigenvalue weighted by molar-refractivity contribution is -0.116. The number of benzene rings is 2. The zero-order valence-electron chi connectivity index (χ0n) is 23.2. The van der Waals surface area contributed by atoms with Crippen LogP contribution in [0.4, 0.5) is 10.3 Å². The fourth-order valence-corrected chi connectivity index (χ4v) is 5.74. The lowest BCUT2D eigenvalue weighted by atomic mass is 10.1. The number of amides is 2. The van der Waals surface area contributed by atoms with Crippen molar-refractivity contribution in [1.82, 2.24) is 35.4 Å². The van der Waals surface area contributed by atoms with Crippen molar-refractivity contribution in [3.8, 4) is 0 Å². The van der Waals surface area contributed by atoms with Gasteiger partial charge in [0.05, 0.1) is 18.7 Å². The number of aryl methyl sites for hydroxylation is 4. The first-order valence-corrected chi connectivity index (χ1v) is 15.3. The highest BCUT2D eigenvalue weighted by Crippen LogP contribution is 2.20. The summed E-state index contributed by atoms with van der Waals surface area (Å²) in [6.45, 7) is 2.70. The van der Waals surface area contributed by atoms with Gasteiger partial charge >= 0.3 is 0 Å². The van der Waals surface area contributed by atoms with Crippen molar-refractivity contribution in [1.29, 1.82) is 0 Å². The van der Waals surface area contributed by atoms with Crippen LogP contribution in [0.15, 0.2) is 60.8 Å². The van der Waals surface area contributed by atoms with Crippen molar-refractivity contribution >= 4 is 44.8 Å². The number of aromatic nitrogens is 7. The number of hydrogen-bond donors (Lipinski definition) is 2. The van der Waals surface area contributed by atoms with E-state index in [1.54, 1.807) is 4.68 Å². The summed E-state index contributed by atoms with van der Waals surface area (Å²) in [6, 6.07) is 17.9. The number of nitrogens with zero attached hydrogens (tertiary/aromatic N) is 7. The molecule has 0 spiro atoms. The fourth-order valence-electron chi connectivity index (χ4n) is 4.14. The highest BCUT2D eigenvalue weighted by Gasteiger charge is 2.12. The van der Waals surface area contributed by atoms with Crippen molar-refractivity contribution in [2.24, 2.45) is 0 Å². The summed E-state index contributed by atoms with van der Waals surface area (Å²) in [5, 5.41) is 33.4. The molecule has 0 radical (unpaired) electrons. The molecular formula is C29H31N9O2S2. The van der Waals surface area contributed by atoms with Gasteiger partial charge in [-0.05, 0) is 30.9 Å². The molecule has 11 nitrogen and oxygen atoms in total. The Morgan fingerprint density at radius 1 is 0.738 bits per heavy atom. The molecule has 0 saturated carbocycles. The van der Waals surface area contributed by atoms with Crippen LogP contribution in [0.1, 0.15) is 51.7 Å². The van der Waals surface area contributed by atoms with Gasteiger partial charge in [-0.1, -0.05) is 88.0 Å². The van der Waals surface area contributed by atoms with E-state index in [4.69, 9.17) is 0 Å². The topological polar surface area (TPSA) is 140 Å². The Morgan fingerprint density at radius 2 is 1.38 bits per heavy atom. The lowest BCUT2D eigenvalue weighted by Gasteiger charge is -2.01. The first-order chi connectivity index (χ1) is 20.5. The van der Waals surface area contributed by atoms with E-state index < -0.39 is 0 Å². The van der Waals surface area contributed by atoms with Crippen LogP contribution in [0.5, 0.6) is 0 Å². The van der Waals surface area contributed by atoms with Gasteiger partial charge in [0.15, 0.2) is 0 Å². The van der Waals surface area contributed by atoms with Gasteiger partial charge in [0.2, 0.25) is 22.1 Å². The van der Waals surface area contributed by atoms with Crippen LogP contribution in [-0.2, 0) is 41.8 Å². The number of carbonyl (C=O) groups excluding carboxylic acids is 2. The Morgan fingerprint density at radius 3 is 2.05 bits per heavy atom. The minimum atomic E-state index is -0.131. The van der Waals surface area contributed by atoms with Crippen molar-refractivity contribution in [3.05, 3.63) is 93.2 Å². The summed E-state index contributed by atoms with van der Waals surface area (Å²) in [4.78, 5) is 24.7. The molecular weight excluding hydrogens is 571 g/mol. The van der Waals surface area contributed by atoms with Crippen molar-refractivity contribution < 1.29 is 9.59 Å². The van der Waals surface area contributed by atoms with Gasteiger partial charge < -0.3 is 10.6 Å². The molecule has 42 heavy (non-hydrogen) atoms. The quantitative estimate of drug-likeness (QED) is 0.175. The summed E-state index contributed by atoms with van der Waals surface area (Å²) in [5.41, 5.74) is 4.09. The van der Waals surface area contributed by atoms with E-state index in [1.807, 2.05) is 36.5 Å². The SMILES string of the molecule is Cc1ccc(Cn2cc(CCC(=O)Nc3nnc(CCCCc4nnc(NC(=O)Cc5ccccc5)s4)s3)nn2)cc1. The molecule has 0 saturated heterocycles. The number of carbonyl (C=O) groups is 2. The summed E-state index contributed by atoms with van der Waals surface area (Å²) in [6.07, 6.45) is 6.29. The van der Waals surface area contributed by atoms with E-state index in [0.717, 1.165) is 52.5 Å². The average Bonchev–Trinajstić information content (AvgIpc) is 3.74. The molecule has 0 unspecified atom stereocenters. The first kappa shape index (κ1) is 29.1. The third-order valence-electron chi connectivity index (χ3n) is 6.32. The summed E-state index contributed by atoms with van der Waals surface area (Å²) in [7, 11) is 0. The first-order valence-electron chi connectivity index (χ1n) is 13.7. The van der Waals surface area contributed by atoms with E-state index in [0.29, 0.717) is 29.6 Å². The second-order valence-electron chi connectivity index (χ2n) is 9.86. The number of nitrogens with one attached hydrogen (secondary N) is 2. The summed E-state index contributed by atoms with van der Waals surface area (Å²) < 4.78 is 1.78. The van der Waals surface area contributed by atoms with Crippen LogP contribution >= 0.6 is 22.7 Å². The second-order valence-corrected chi connectivity index (χ2v) is 12.0.